The maximum Gasteiger partial charge on any atom is 0.306 e. The van der Waals surface area contributed by atoms with Gasteiger partial charge in [0.25, 0.3) is 5.91 Å². The molecule has 1 N–H and O–H groups in total. The zero-order valence-corrected chi connectivity index (χ0v) is 17.6. The Balaban J connectivity index is 1.25. The third-order valence-electron chi connectivity index (χ3n) is 5.18. The van der Waals surface area contributed by atoms with Gasteiger partial charge in [0.1, 0.15) is 0 Å². The number of nitrogens with zero attached hydrogens (tertiary/aromatic N) is 3. The summed E-state index contributed by atoms with van der Waals surface area (Å²) in [6.07, 6.45) is 5.49. The number of para-hydroxylation sites is 3. The molecule has 1 aliphatic rings. The van der Waals surface area contributed by atoms with Crippen LogP contribution in [0.4, 0.5) is 11.4 Å². The molecule has 2 heterocycles. The van der Waals surface area contributed by atoms with Crippen LogP contribution in [0.1, 0.15) is 24.8 Å². The van der Waals surface area contributed by atoms with Crippen LogP contribution in [0.3, 0.4) is 0 Å². The molecule has 0 aliphatic carbocycles. The van der Waals surface area contributed by atoms with Crippen LogP contribution in [-0.2, 0) is 25.5 Å². The van der Waals surface area contributed by atoms with Gasteiger partial charge in [-0.2, -0.15) is 5.10 Å². The Bertz CT molecular complexity index is 1110. The van der Waals surface area contributed by atoms with E-state index in [4.69, 9.17) is 4.74 Å². The largest absolute Gasteiger partial charge is 0.456 e. The van der Waals surface area contributed by atoms with Crippen LogP contribution in [0.2, 0.25) is 0 Å². The fraction of sp³-hybridized carbons (Fsp3) is 0.250. The van der Waals surface area contributed by atoms with Gasteiger partial charge in [0, 0.05) is 25.6 Å². The SMILES string of the molecule is O=C(COC(=O)CCc1cnn(-c2ccccc2)c1)Nc1ccccc1N1CCCC1=O. The smallest absolute Gasteiger partial charge is 0.306 e. The van der Waals surface area contributed by atoms with E-state index in [-0.39, 0.29) is 18.9 Å². The fourth-order valence-corrected chi connectivity index (χ4v) is 3.58. The highest BCUT2D eigenvalue weighted by molar-refractivity contribution is 6.02. The first-order chi connectivity index (χ1) is 15.6. The number of ether oxygens (including phenoxy) is 1. The van der Waals surface area contributed by atoms with Crippen molar-refractivity contribution >= 4 is 29.2 Å². The molecule has 1 aliphatic heterocycles. The van der Waals surface area contributed by atoms with Crippen LogP contribution in [0.25, 0.3) is 5.69 Å². The summed E-state index contributed by atoms with van der Waals surface area (Å²) in [5.74, 6) is -0.876. The summed E-state index contributed by atoms with van der Waals surface area (Å²) < 4.78 is 6.86. The third-order valence-corrected chi connectivity index (χ3v) is 5.18. The van der Waals surface area contributed by atoms with E-state index in [1.165, 1.54) is 0 Å². The van der Waals surface area contributed by atoms with E-state index in [0.29, 0.717) is 30.8 Å². The van der Waals surface area contributed by atoms with Gasteiger partial charge in [0.15, 0.2) is 6.61 Å². The van der Waals surface area contributed by atoms with Crippen molar-refractivity contribution in [3.8, 4) is 5.69 Å². The van der Waals surface area contributed by atoms with Gasteiger partial charge < -0.3 is 15.0 Å². The first-order valence-corrected chi connectivity index (χ1v) is 10.5. The number of aryl methyl sites for hydroxylation is 1. The summed E-state index contributed by atoms with van der Waals surface area (Å²) in [7, 11) is 0. The monoisotopic (exact) mass is 432 g/mol. The summed E-state index contributed by atoms with van der Waals surface area (Å²) in [6, 6.07) is 16.8. The van der Waals surface area contributed by atoms with Gasteiger partial charge in [-0.15, -0.1) is 0 Å². The highest BCUT2D eigenvalue weighted by Gasteiger charge is 2.24. The maximum atomic E-state index is 12.3. The Morgan fingerprint density at radius 2 is 1.84 bits per heavy atom. The predicted octanol–water partition coefficient (Wildman–Crippen LogP) is 3.11. The minimum atomic E-state index is -0.462. The number of nitrogens with one attached hydrogen (secondary N) is 1. The van der Waals surface area contributed by atoms with Crippen LogP contribution < -0.4 is 10.2 Å². The van der Waals surface area contributed by atoms with E-state index >= 15 is 0 Å². The average Bonchev–Trinajstić information content (AvgIpc) is 3.46. The van der Waals surface area contributed by atoms with Crippen molar-refractivity contribution in [1.29, 1.82) is 0 Å². The summed E-state index contributed by atoms with van der Waals surface area (Å²) >= 11 is 0. The average molecular weight is 432 g/mol. The van der Waals surface area contributed by atoms with Gasteiger partial charge in [0.2, 0.25) is 5.91 Å². The summed E-state index contributed by atoms with van der Waals surface area (Å²) in [6.45, 7) is 0.242. The Hall–Kier alpha value is -3.94. The van der Waals surface area contributed by atoms with E-state index in [9.17, 15) is 14.4 Å². The fourth-order valence-electron chi connectivity index (χ4n) is 3.58. The molecule has 8 nitrogen and oxygen atoms in total. The Morgan fingerprint density at radius 3 is 2.62 bits per heavy atom. The first-order valence-electron chi connectivity index (χ1n) is 10.5. The number of amides is 2. The number of anilines is 2. The van der Waals surface area contributed by atoms with Crippen molar-refractivity contribution in [1.82, 2.24) is 9.78 Å². The highest BCUT2D eigenvalue weighted by Crippen LogP contribution is 2.29. The molecule has 1 fully saturated rings. The van der Waals surface area contributed by atoms with Gasteiger partial charge in [-0.25, -0.2) is 4.68 Å². The minimum absolute atomic E-state index is 0.0358. The molecule has 3 aromatic rings. The van der Waals surface area contributed by atoms with Gasteiger partial charge >= 0.3 is 5.97 Å². The van der Waals surface area contributed by atoms with E-state index < -0.39 is 11.9 Å². The lowest BCUT2D eigenvalue weighted by Crippen LogP contribution is -2.27. The second-order valence-corrected chi connectivity index (χ2v) is 7.50. The zero-order chi connectivity index (χ0) is 22.3. The quantitative estimate of drug-likeness (QED) is 0.552. The topological polar surface area (TPSA) is 93.5 Å². The maximum absolute atomic E-state index is 12.3. The number of esters is 1. The zero-order valence-electron chi connectivity index (χ0n) is 17.6. The highest BCUT2D eigenvalue weighted by atomic mass is 16.5. The van der Waals surface area contributed by atoms with Gasteiger partial charge in [-0.1, -0.05) is 30.3 Å². The summed E-state index contributed by atoms with van der Waals surface area (Å²) in [4.78, 5) is 38.1. The Labute approximate surface area is 185 Å². The molecule has 0 spiro atoms. The lowest BCUT2D eigenvalue weighted by molar-refractivity contribution is -0.147. The van der Waals surface area contributed by atoms with Crippen LogP contribution in [0.5, 0.6) is 0 Å². The molecule has 0 saturated carbocycles. The normalized spacial score (nSPS) is 13.2. The lowest BCUT2D eigenvalue weighted by Gasteiger charge is -2.19. The number of carbonyl (C=O) groups excluding carboxylic acids is 3. The molecule has 164 valence electrons. The molecule has 2 amide bonds. The van der Waals surface area contributed by atoms with Crippen LogP contribution >= 0.6 is 0 Å². The van der Waals surface area contributed by atoms with E-state index in [0.717, 1.165) is 17.7 Å². The van der Waals surface area contributed by atoms with Crippen molar-refractivity contribution < 1.29 is 19.1 Å². The summed E-state index contributed by atoms with van der Waals surface area (Å²) in [5, 5.41) is 7.04. The third kappa shape index (κ3) is 5.21. The molecule has 1 aromatic heterocycles. The molecular formula is C24H24N4O4. The van der Waals surface area contributed by atoms with E-state index in [1.54, 1.807) is 34.0 Å². The molecule has 1 saturated heterocycles. The standard InChI is InChI=1S/C24H24N4O4/c29-22(26-20-9-4-5-10-21(20)27-14-6-11-23(27)30)17-32-24(31)13-12-18-15-25-28(16-18)19-7-2-1-3-8-19/h1-5,7-10,15-16H,6,11-14,17H2,(H,26,29). The number of aromatic nitrogens is 2. The van der Waals surface area contributed by atoms with Gasteiger partial charge in [-0.05, 0) is 42.7 Å². The molecule has 0 bridgehead atoms. The molecular weight excluding hydrogens is 408 g/mol. The second-order valence-electron chi connectivity index (χ2n) is 7.50. The molecule has 2 aromatic carbocycles. The van der Waals surface area contributed by atoms with Gasteiger partial charge in [-0.3, -0.25) is 14.4 Å². The Kier molecular flexibility index (Phi) is 6.60. The van der Waals surface area contributed by atoms with Crippen LogP contribution in [0, 0.1) is 0 Å². The number of benzene rings is 2. The summed E-state index contributed by atoms with van der Waals surface area (Å²) in [5.41, 5.74) is 3.02. The predicted molar refractivity (Wildman–Crippen MR) is 120 cm³/mol. The number of rotatable bonds is 8. The van der Waals surface area contributed by atoms with Crippen molar-refractivity contribution in [2.45, 2.75) is 25.7 Å². The van der Waals surface area contributed by atoms with Crippen molar-refractivity contribution in [2.75, 3.05) is 23.4 Å². The molecule has 0 radical (unpaired) electrons. The molecule has 32 heavy (non-hydrogen) atoms. The molecule has 0 atom stereocenters. The lowest BCUT2D eigenvalue weighted by atomic mass is 10.2. The minimum Gasteiger partial charge on any atom is -0.456 e. The Morgan fingerprint density at radius 1 is 1.06 bits per heavy atom. The van der Waals surface area contributed by atoms with Crippen LogP contribution in [-0.4, -0.2) is 40.7 Å². The van der Waals surface area contributed by atoms with Crippen LogP contribution in [0.15, 0.2) is 67.0 Å². The number of hydrogen-bond acceptors (Lipinski definition) is 5. The first kappa shape index (κ1) is 21.3. The number of carbonyl (C=O) groups is 3. The van der Waals surface area contributed by atoms with E-state index in [1.807, 2.05) is 42.6 Å². The van der Waals surface area contributed by atoms with Crippen molar-refractivity contribution in [3.05, 3.63) is 72.6 Å². The molecule has 4 rings (SSSR count). The second kappa shape index (κ2) is 9.91. The van der Waals surface area contributed by atoms with E-state index in [2.05, 4.69) is 10.4 Å². The number of hydrogen-bond donors (Lipinski definition) is 1. The molecule has 0 unspecified atom stereocenters. The van der Waals surface area contributed by atoms with Crippen molar-refractivity contribution in [2.24, 2.45) is 0 Å². The van der Waals surface area contributed by atoms with Crippen molar-refractivity contribution in [3.63, 3.8) is 0 Å². The molecule has 8 heteroatoms. The van der Waals surface area contributed by atoms with Gasteiger partial charge in [0.05, 0.1) is 23.3 Å².